The van der Waals surface area contributed by atoms with E-state index in [1.807, 2.05) is 13.8 Å². The van der Waals surface area contributed by atoms with Gasteiger partial charge < -0.3 is 5.32 Å². The topological polar surface area (TPSA) is 65.8 Å². The highest BCUT2D eigenvalue weighted by Crippen LogP contribution is 2.33. The van der Waals surface area contributed by atoms with E-state index in [0.29, 0.717) is 21.1 Å². The van der Waals surface area contributed by atoms with Gasteiger partial charge in [0.1, 0.15) is 15.9 Å². The van der Waals surface area contributed by atoms with Crippen LogP contribution in [0.15, 0.2) is 5.51 Å². The Balaban J connectivity index is 2.33. The zero-order valence-corrected chi connectivity index (χ0v) is 12.5. The quantitative estimate of drug-likeness (QED) is 0.941. The van der Waals surface area contributed by atoms with Gasteiger partial charge in [0.2, 0.25) is 0 Å². The summed E-state index contributed by atoms with van der Waals surface area (Å²) in [5.41, 5.74) is 3.96. The first kappa shape index (κ1) is 13.7. The van der Waals surface area contributed by atoms with E-state index in [9.17, 15) is 10.1 Å². The minimum absolute atomic E-state index is 0.194. The Kier molecular flexibility index (Phi) is 3.98. The van der Waals surface area contributed by atoms with E-state index in [1.54, 1.807) is 12.4 Å². The number of carbonyl (C=O) groups is 1. The average molecular weight is 291 g/mol. The number of aryl methyl sites for hydroxylation is 2. The second kappa shape index (κ2) is 5.51. The van der Waals surface area contributed by atoms with Crippen molar-refractivity contribution in [2.75, 3.05) is 5.32 Å². The molecule has 0 spiro atoms. The number of thiazole rings is 1. The van der Waals surface area contributed by atoms with Crippen molar-refractivity contribution in [2.45, 2.75) is 27.2 Å². The van der Waals surface area contributed by atoms with Crippen LogP contribution in [-0.2, 0) is 6.42 Å². The Morgan fingerprint density at radius 3 is 2.79 bits per heavy atom. The van der Waals surface area contributed by atoms with E-state index in [2.05, 4.69) is 16.4 Å². The fourth-order valence-electron chi connectivity index (χ4n) is 1.89. The van der Waals surface area contributed by atoms with Crippen molar-refractivity contribution >= 4 is 33.6 Å². The number of thiophene rings is 1. The lowest BCUT2D eigenvalue weighted by Crippen LogP contribution is -2.11. The van der Waals surface area contributed by atoms with Crippen molar-refractivity contribution in [1.29, 1.82) is 5.26 Å². The van der Waals surface area contributed by atoms with Gasteiger partial charge >= 0.3 is 0 Å². The molecule has 0 aliphatic carbocycles. The fraction of sp³-hybridized carbons (Fsp3) is 0.308. The van der Waals surface area contributed by atoms with Crippen LogP contribution in [0.5, 0.6) is 0 Å². The van der Waals surface area contributed by atoms with Crippen molar-refractivity contribution in [3.05, 3.63) is 32.1 Å². The molecule has 1 N–H and O–H groups in total. The first-order valence-corrected chi connectivity index (χ1v) is 7.51. The van der Waals surface area contributed by atoms with Gasteiger partial charge in [0.15, 0.2) is 0 Å². The van der Waals surface area contributed by atoms with Crippen molar-refractivity contribution < 1.29 is 4.79 Å². The first-order valence-electron chi connectivity index (χ1n) is 5.82. The van der Waals surface area contributed by atoms with Gasteiger partial charge in [-0.05, 0) is 25.8 Å². The molecule has 0 saturated carbocycles. The highest BCUT2D eigenvalue weighted by Gasteiger charge is 2.18. The second-order valence-electron chi connectivity index (χ2n) is 4.03. The van der Waals surface area contributed by atoms with Gasteiger partial charge in [-0.25, -0.2) is 4.98 Å². The molecule has 0 aliphatic heterocycles. The summed E-state index contributed by atoms with van der Waals surface area (Å²) >= 11 is 2.76. The van der Waals surface area contributed by atoms with Gasteiger partial charge in [0.05, 0.1) is 16.8 Å². The Morgan fingerprint density at radius 1 is 1.53 bits per heavy atom. The molecular weight excluding hydrogens is 278 g/mol. The Hall–Kier alpha value is -1.71. The van der Waals surface area contributed by atoms with Crippen LogP contribution in [0.4, 0.5) is 5.00 Å². The summed E-state index contributed by atoms with van der Waals surface area (Å²) in [4.78, 5) is 17.9. The molecule has 0 aliphatic rings. The molecule has 19 heavy (non-hydrogen) atoms. The Labute approximate surface area is 119 Å². The highest BCUT2D eigenvalue weighted by molar-refractivity contribution is 7.17. The van der Waals surface area contributed by atoms with Gasteiger partial charge in [0.25, 0.3) is 5.91 Å². The van der Waals surface area contributed by atoms with Crippen LogP contribution in [0.2, 0.25) is 0 Å². The van der Waals surface area contributed by atoms with Crippen molar-refractivity contribution in [2.24, 2.45) is 0 Å². The number of carbonyl (C=O) groups excluding carboxylic acids is 1. The molecule has 1 amide bonds. The van der Waals surface area contributed by atoms with E-state index >= 15 is 0 Å². The summed E-state index contributed by atoms with van der Waals surface area (Å²) in [5.74, 6) is -0.194. The summed E-state index contributed by atoms with van der Waals surface area (Å²) in [5, 5.41) is 12.7. The molecule has 6 heteroatoms. The number of nitrogens with one attached hydrogen (secondary N) is 1. The number of nitriles is 1. The highest BCUT2D eigenvalue weighted by atomic mass is 32.1. The Bertz CT molecular complexity index is 664. The largest absolute Gasteiger partial charge is 0.312 e. The van der Waals surface area contributed by atoms with E-state index in [4.69, 9.17) is 0 Å². The molecule has 0 saturated heterocycles. The molecule has 0 radical (unpaired) electrons. The zero-order chi connectivity index (χ0) is 14.0. The van der Waals surface area contributed by atoms with Crippen LogP contribution >= 0.6 is 22.7 Å². The zero-order valence-electron chi connectivity index (χ0n) is 10.9. The lowest BCUT2D eigenvalue weighted by molar-refractivity contribution is 0.103. The number of hydrogen-bond acceptors (Lipinski definition) is 5. The van der Waals surface area contributed by atoms with E-state index < -0.39 is 0 Å². The number of rotatable bonds is 3. The SMILES string of the molecule is CCc1c(C)sc(NC(=O)c2scnc2C)c1C#N. The molecule has 0 atom stereocenters. The summed E-state index contributed by atoms with van der Waals surface area (Å²) in [7, 11) is 0. The fourth-order valence-corrected chi connectivity index (χ4v) is 3.68. The van der Waals surface area contributed by atoms with Gasteiger partial charge in [-0.2, -0.15) is 5.26 Å². The van der Waals surface area contributed by atoms with Gasteiger partial charge in [-0.3, -0.25) is 4.79 Å². The van der Waals surface area contributed by atoms with Gasteiger partial charge in [-0.15, -0.1) is 22.7 Å². The van der Waals surface area contributed by atoms with Gasteiger partial charge in [-0.1, -0.05) is 6.92 Å². The molecule has 0 aromatic carbocycles. The lowest BCUT2D eigenvalue weighted by Gasteiger charge is -2.02. The van der Waals surface area contributed by atoms with E-state index in [-0.39, 0.29) is 5.91 Å². The van der Waals surface area contributed by atoms with Crippen molar-refractivity contribution in [1.82, 2.24) is 4.98 Å². The van der Waals surface area contributed by atoms with E-state index in [1.165, 1.54) is 22.7 Å². The van der Waals surface area contributed by atoms with Crippen LogP contribution in [0.3, 0.4) is 0 Å². The monoisotopic (exact) mass is 291 g/mol. The maximum absolute atomic E-state index is 12.1. The molecule has 2 aromatic rings. The van der Waals surface area contributed by atoms with Gasteiger partial charge in [0, 0.05) is 4.88 Å². The molecule has 2 aromatic heterocycles. The summed E-state index contributed by atoms with van der Waals surface area (Å²) in [6, 6.07) is 2.18. The molecule has 0 unspecified atom stereocenters. The third-order valence-corrected chi connectivity index (χ3v) is 4.84. The number of aromatic nitrogens is 1. The van der Waals surface area contributed by atoms with Crippen LogP contribution in [0.25, 0.3) is 0 Å². The standard InChI is InChI=1S/C13H13N3OS2/c1-4-9-8(3)19-13(10(9)5-14)16-12(17)11-7(2)15-6-18-11/h6H,4H2,1-3H3,(H,16,17). The minimum Gasteiger partial charge on any atom is -0.312 e. The summed E-state index contributed by atoms with van der Waals surface area (Å²) in [6.07, 6.45) is 0.792. The first-order chi connectivity index (χ1) is 9.08. The molecular formula is C13H13N3OS2. The third kappa shape index (κ3) is 2.53. The lowest BCUT2D eigenvalue weighted by atomic mass is 10.1. The molecule has 2 heterocycles. The predicted octanol–water partition coefficient (Wildman–Crippen LogP) is 3.51. The number of nitrogens with zero attached hydrogens (tertiary/aromatic N) is 2. The summed E-state index contributed by atoms with van der Waals surface area (Å²) in [6.45, 7) is 5.78. The number of hydrogen-bond donors (Lipinski definition) is 1. The number of amides is 1. The third-order valence-electron chi connectivity index (χ3n) is 2.85. The molecule has 2 rings (SSSR count). The molecule has 98 valence electrons. The molecule has 0 bridgehead atoms. The average Bonchev–Trinajstić information content (AvgIpc) is 2.92. The normalized spacial score (nSPS) is 10.2. The number of anilines is 1. The Morgan fingerprint density at radius 2 is 2.26 bits per heavy atom. The second-order valence-corrected chi connectivity index (χ2v) is 6.11. The van der Waals surface area contributed by atoms with Crippen LogP contribution in [0, 0.1) is 25.2 Å². The maximum atomic E-state index is 12.1. The maximum Gasteiger partial charge on any atom is 0.268 e. The minimum atomic E-state index is -0.194. The predicted molar refractivity (Wildman–Crippen MR) is 78.0 cm³/mol. The molecule has 0 fully saturated rings. The smallest absolute Gasteiger partial charge is 0.268 e. The summed E-state index contributed by atoms with van der Waals surface area (Å²) < 4.78 is 0. The van der Waals surface area contributed by atoms with E-state index in [0.717, 1.165) is 16.9 Å². The van der Waals surface area contributed by atoms with Crippen LogP contribution < -0.4 is 5.32 Å². The van der Waals surface area contributed by atoms with Crippen molar-refractivity contribution in [3.8, 4) is 6.07 Å². The van der Waals surface area contributed by atoms with Crippen LogP contribution in [-0.4, -0.2) is 10.9 Å². The van der Waals surface area contributed by atoms with Crippen LogP contribution in [0.1, 0.15) is 38.3 Å². The molecule has 4 nitrogen and oxygen atoms in total. The van der Waals surface area contributed by atoms with Crippen molar-refractivity contribution in [3.63, 3.8) is 0 Å².